The molecule has 0 aromatic heterocycles. The zero-order valence-corrected chi connectivity index (χ0v) is 9.05. The number of nitrogens with two attached hydrogens (primary N) is 1. The summed E-state index contributed by atoms with van der Waals surface area (Å²) in [6.45, 7) is 4.19. The summed E-state index contributed by atoms with van der Waals surface area (Å²) >= 11 is 0. The minimum atomic E-state index is -0.973. The average molecular weight is 226 g/mol. The van der Waals surface area contributed by atoms with Crippen LogP contribution in [0.3, 0.4) is 0 Å². The number of nitrogens with zero attached hydrogens (tertiary/aromatic N) is 1. The number of anilines is 1. The van der Waals surface area contributed by atoms with Gasteiger partial charge in [-0.1, -0.05) is 0 Å². The molecule has 0 saturated heterocycles. The van der Waals surface area contributed by atoms with Crippen molar-refractivity contribution in [1.82, 2.24) is 0 Å². The fourth-order valence-corrected chi connectivity index (χ4v) is 1.48. The van der Waals surface area contributed by atoms with Gasteiger partial charge in [0.05, 0.1) is 12.1 Å². The van der Waals surface area contributed by atoms with Gasteiger partial charge in [0, 0.05) is 11.8 Å². The van der Waals surface area contributed by atoms with Gasteiger partial charge in [0.1, 0.15) is 5.60 Å². The second kappa shape index (κ2) is 3.43. The van der Waals surface area contributed by atoms with Crippen molar-refractivity contribution in [1.29, 1.82) is 0 Å². The quantitative estimate of drug-likeness (QED) is 0.745. The van der Waals surface area contributed by atoms with Crippen LogP contribution >= 0.6 is 0 Å². The summed E-state index contributed by atoms with van der Waals surface area (Å²) in [6.07, 6.45) is 0. The molecule has 0 spiro atoms. The van der Waals surface area contributed by atoms with E-state index < -0.39 is 17.2 Å². The zero-order valence-electron chi connectivity index (χ0n) is 9.05. The van der Waals surface area contributed by atoms with Crippen LogP contribution in [0.25, 0.3) is 0 Å². The Morgan fingerprint density at radius 2 is 1.94 bits per heavy atom. The number of halogens is 2. The summed E-state index contributed by atoms with van der Waals surface area (Å²) in [7, 11) is 0. The normalized spacial score (nSPS) is 18.1. The Morgan fingerprint density at radius 3 is 2.50 bits per heavy atom. The Kier molecular flexibility index (Phi) is 2.33. The van der Waals surface area contributed by atoms with E-state index in [-0.39, 0.29) is 11.6 Å². The van der Waals surface area contributed by atoms with Gasteiger partial charge >= 0.3 is 0 Å². The molecule has 1 aromatic carbocycles. The third-order valence-corrected chi connectivity index (χ3v) is 2.30. The van der Waals surface area contributed by atoms with Crippen molar-refractivity contribution in [3.8, 4) is 0 Å². The van der Waals surface area contributed by atoms with Gasteiger partial charge < -0.3 is 10.5 Å². The van der Waals surface area contributed by atoms with Crippen molar-refractivity contribution in [2.45, 2.75) is 19.4 Å². The lowest BCUT2D eigenvalue weighted by Gasteiger charge is -2.17. The summed E-state index contributed by atoms with van der Waals surface area (Å²) in [5.74, 6) is -1.67. The van der Waals surface area contributed by atoms with Gasteiger partial charge in [-0.2, -0.15) is 0 Å². The van der Waals surface area contributed by atoms with Gasteiger partial charge in [-0.15, -0.1) is 0 Å². The van der Waals surface area contributed by atoms with Crippen LogP contribution in [0, 0.1) is 11.6 Å². The van der Waals surface area contributed by atoms with Gasteiger partial charge in [0.15, 0.2) is 11.6 Å². The highest BCUT2D eigenvalue weighted by molar-refractivity contribution is 6.00. The van der Waals surface area contributed by atoms with Gasteiger partial charge in [-0.3, -0.25) is 0 Å². The number of hydrogen-bond donors (Lipinski definition) is 1. The van der Waals surface area contributed by atoms with Crippen LogP contribution in [0.4, 0.5) is 14.5 Å². The third-order valence-electron chi connectivity index (χ3n) is 2.30. The Morgan fingerprint density at radius 1 is 1.31 bits per heavy atom. The van der Waals surface area contributed by atoms with Crippen LogP contribution in [0.5, 0.6) is 0 Å². The van der Waals surface area contributed by atoms with Crippen LogP contribution in [0.2, 0.25) is 0 Å². The van der Waals surface area contributed by atoms with Crippen molar-refractivity contribution < 1.29 is 13.5 Å². The predicted octanol–water partition coefficient (Wildman–Crippen LogP) is 2.10. The molecule has 0 fully saturated rings. The highest BCUT2D eigenvalue weighted by atomic mass is 19.2. The molecule has 16 heavy (non-hydrogen) atoms. The van der Waals surface area contributed by atoms with Gasteiger partial charge in [0.2, 0.25) is 5.90 Å². The van der Waals surface area contributed by atoms with Crippen LogP contribution in [-0.2, 0) is 4.74 Å². The number of aliphatic imine (C=N–C) groups is 1. The summed E-state index contributed by atoms with van der Waals surface area (Å²) in [5, 5.41) is 0. The van der Waals surface area contributed by atoms with Gasteiger partial charge in [-0.05, 0) is 19.9 Å². The Hall–Kier alpha value is -1.65. The van der Waals surface area contributed by atoms with E-state index in [2.05, 4.69) is 4.99 Å². The number of ether oxygens (including phenoxy) is 1. The molecule has 0 saturated carbocycles. The SMILES string of the molecule is CC1(C)CN=C(c2cc(F)c(F)cc2N)O1. The molecule has 0 aliphatic carbocycles. The van der Waals surface area contributed by atoms with Gasteiger partial charge in [-0.25, -0.2) is 13.8 Å². The summed E-state index contributed by atoms with van der Waals surface area (Å²) in [5.41, 5.74) is 5.58. The molecule has 0 bridgehead atoms. The summed E-state index contributed by atoms with van der Waals surface area (Å²) in [6, 6.07) is 1.94. The first-order chi connectivity index (χ1) is 7.39. The van der Waals surface area contributed by atoms with Crippen LogP contribution in [-0.4, -0.2) is 18.0 Å². The zero-order chi connectivity index (χ0) is 11.9. The van der Waals surface area contributed by atoms with Crippen molar-refractivity contribution in [2.24, 2.45) is 4.99 Å². The van der Waals surface area contributed by atoms with E-state index in [4.69, 9.17) is 10.5 Å². The maximum atomic E-state index is 13.1. The van der Waals surface area contributed by atoms with Crippen LogP contribution < -0.4 is 5.73 Å². The maximum Gasteiger partial charge on any atom is 0.219 e. The second-order valence-electron chi connectivity index (χ2n) is 4.34. The molecule has 1 aliphatic heterocycles. The predicted molar refractivity (Wildman–Crippen MR) is 57.3 cm³/mol. The molecular formula is C11H12F2N2O. The van der Waals surface area contributed by atoms with E-state index in [9.17, 15) is 8.78 Å². The van der Waals surface area contributed by atoms with Crippen molar-refractivity contribution in [3.05, 3.63) is 29.3 Å². The number of rotatable bonds is 1. The first-order valence-electron chi connectivity index (χ1n) is 4.87. The lowest BCUT2D eigenvalue weighted by atomic mass is 10.1. The molecule has 3 nitrogen and oxygen atoms in total. The topological polar surface area (TPSA) is 47.6 Å². The van der Waals surface area contributed by atoms with Crippen molar-refractivity contribution in [3.63, 3.8) is 0 Å². The first kappa shape index (κ1) is 10.9. The monoisotopic (exact) mass is 226 g/mol. The molecule has 5 heteroatoms. The van der Waals surface area contributed by atoms with E-state index >= 15 is 0 Å². The number of nitrogen functional groups attached to an aromatic ring is 1. The highest BCUT2D eigenvalue weighted by Crippen LogP contribution is 2.25. The third kappa shape index (κ3) is 1.85. The molecule has 1 heterocycles. The van der Waals surface area contributed by atoms with Crippen molar-refractivity contribution >= 4 is 11.6 Å². The van der Waals surface area contributed by atoms with E-state index in [0.29, 0.717) is 12.1 Å². The highest BCUT2D eigenvalue weighted by Gasteiger charge is 2.29. The molecule has 0 amide bonds. The lowest BCUT2D eigenvalue weighted by molar-refractivity contribution is 0.131. The lowest BCUT2D eigenvalue weighted by Crippen LogP contribution is -2.24. The van der Waals surface area contributed by atoms with Crippen LogP contribution in [0.1, 0.15) is 19.4 Å². The largest absolute Gasteiger partial charge is 0.469 e. The molecule has 2 N–H and O–H groups in total. The summed E-state index contributed by atoms with van der Waals surface area (Å²) < 4.78 is 31.4. The molecular weight excluding hydrogens is 214 g/mol. The number of benzene rings is 1. The Bertz CT molecular complexity index is 469. The maximum absolute atomic E-state index is 13.1. The smallest absolute Gasteiger partial charge is 0.219 e. The molecule has 0 unspecified atom stereocenters. The molecule has 2 rings (SSSR count). The Balaban J connectivity index is 2.39. The molecule has 0 radical (unpaired) electrons. The molecule has 1 aliphatic rings. The van der Waals surface area contributed by atoms with Gasteiger partial charge in [0.25, 0.3) is 0 Å². The summed E-state index contributed by atoms with van der Waals surface area (Å²) in [4.78, 5) is 4.12. The standard InChI is InChI=1S/C11H12F2N2O/c1-11(2)5-15-10(16-11)6-3-7(12)8(13)4-9(6)14/h3-4H,5,14H2,1-2H3. The van der Waals surface area contributed by atoms with Crippen LogP contribution in [0.15, 0.2) is 17.1 Å². The average Bonchev–Trinajstić information content (AvgIpc) is 2.52. The van der Waals surface area contributed by atoms with E-state index in [1.807, 2.05) is 13.8 Å². The van der Waals surface area contributed by atoms with E-state index in [1.54, 1.807) is 0 Å². The fraction of sp³-hybridized carbons (Fsp3) is 0.364. The minimum absolute atomic E-state index is 0.121. The van der Waals surface area contributed by atoms with Crippen molar-refractivity contribution in [2.75, 3.05) is 12.3 Å². The molecule has 86 valence electrons. The number of hydrogen-bond acceptors (Lipinski definition) is 3. The second-order valence-corrected chi connectivity index (χ2v) is 4.34. The first-order valence-corrected chi connectivity index (χ1v) is 4.87. The molecule has 0 atom stereocenters. The van der Waals surface area contributed by atoms with E-state index in [0.717, 1.165) is 12.1 Å². The fourth-order valence-electron chi connectivity index (χ4n) is 1.48. The molecule has 1 aromatic rings. The Labute approximate surface area is 91.9 Å². The minimum Gasteiger partial charge on any atom is -0.469 e. The van der Waals surface area contributed by atoms with E-state index in [1.165, 1.54) is 0 Å².